The van der Waals surface area contributed by atoms with Gasteiger partial charge in [-0.3, -0.25) is 14.4 Å². The fraction of sp³-hybridized carbons (Fsp3) is 0.818. The zero-order valence-corrected chi connectivity index (χ0v) is 11.6. The average molecular weight is 300 g/mol. The zero-order chi connectivity index (χ0) is 16.0. The molecule has 0 fully saturated rings. The molecule has 9 heteroatoms. The first-order chi connectivity index (χ1) is 8.97. The Labute approximate surface area is 114 Å². The molecular formula is C11H19F3N2O4. The van der Waals surface area contributed by atoms with Crippen molar-refractivity contribution in [1.29, 1.82) is 0 Å². The number of aliphatic hydroxyl groups is 1. The molecule has 0 heterocycles. The van der Waals surface area contributed by atoms with Gasteiger partial charge >= 0.3 is 12.1 Å². The number of amides is 2. The summed E-state index contributed by atoms with van der Waals surface area (Å²) in [6.07, 6.45) is -5.19. The summed E-state index contributed by atoms with van der Waals surface area (Å²) in [5.74, 6) is -2.66. The maximum Gasteiger partial charge on any atom is 0.471 e. The number of nitrogens with zero attached hydrogens (tertiary/aromatic N) is 1. The van der Waals surface area contributed by atoms with Crippen molar-refractivity contribution in [2.45, 2.75) is 39.0 Å². The van der Waals surface area contributed by atoms with Crippen molar-refractivity contribution in [2.75, 3.05) is 19.7 Å². The van der Waals surface area contributed by atoms with Gasteiger partial charge in [-0.25, -0.2) is 5.06 Å². The van der Waals surface area contributed by atoms with E-state index >= 15 is 0 Å². The Morgan fingerprint density at radius 3 is 2.20 bits per heavy atom. The van der Waals surface area contributed by atoms with E-state index in [0.717, 1.165) is 5.06 Å². The smallest absolute Gasteiger partial charge is 0.396 e. The van der Waals surface area contributed by atoms with Crippen LogP contribution in [0.25, 0.3) is 0 Å². The third-order valence-electron chi connectivity index (χ3n) is 1.85. The van der Waals surface area contributed by atoms with Crippen LogP contribution in [0.15, 0.2) is 0 Å². The summed E-state index contributed by atoms with van der Waals surface area (Å²) in [5, 5.41) is 11.2. The highest BCUT2D eigenvalue weighted by Gasteiger charge is 2.38. The third-order valence-corrected chi connectivity index (χ3v) is 1.85. The minimum atomic E-state index is -4.97. The molecular weight excluding hydrogens is 281 g/mol. The van der Waals surface area contributed by atoms with E-state index in [0.29, 0.717) is 0 Å². The molecule has 118 valence electrons. The summed E-state index contributed by atoms with van der Waals surface area (Å²) in [6, 6.07) is 0. The molecule has 0 aliphatic rings. The minimum Gasteiger partial charge on any atom is -0.396 e. The van der Waals surface area contributed by atoms with E-state index in [2.05, 4.69) is 0 Å². The Balaban J connectivity index is 4.44. The lowest BCUT2D eigenvalue weighted by Crippen LogP contribution is -2.45. The van der Waals surface area contributed by atoms with Gasteiger partial charge in [0, 0.05) is 6.54 Å². The molecule has 0 rings (SSSR count). The van der Waals surface area contributed by atoms with Crippen LogP contribution in [0.1, 0.15) is 27.2 Å². The summed E-state index contributed by atoms with van der Waals surface area (Å²) < 4.78 is 35.9. The van der Waals surface area contributed by atoms with E-state index in [-0.39, 0.29) is 13.0 Å². The summed E-state index contributed by atoms with van der Waals surface area (Å²) in [6.45, 7) is 3.89. The highest BCUT2D eigenvalue weighted by atomic mass is 19.4. The molecule has 0 aromatic carbocycles. The molecule has 2 amide bonds. The predicted octanol–water partition coefficient (Wildman–Crippen LogP) is 0.606. The number of carbonyl (C=O) groups is 2. The lowest BCUT2D eigenvalue weighted by Gasteiger charge is -2.29. The maximum atomic E-state index is 12.0. The van der Waals surface area contributed by atoms with Crippen LogP contribution in [0.5, 0.6) is 0 Å². The van der Waals surface area contributed by atoms with Crippen molar-refractivity contribution in [3.63, 3.8) is 0 Å². The van der Waals surface area contributed by atoms with E-state index in [1.807, 2.05) is 0 Å². The van der Waals surface area contributed by atoms with Crippen molar-refractivity contribution in [3.05, 3.63) is 0 Å². The normalized spacial score (nSPS) is 12.2. The van der Waals surface area contributed by atoms with Gasteiger partial charge in [0.15, 0.2) is 0 Å². The van der Waals surface area contributed by atoms with Gasteiger partial charge in [-0.2, -0.15) is 13.2 Å². The van der Waals surface area contributed by atoms with E-state index in [1.165, 1.54) is 0 Å². The molecule has 0 saturated heterocycles. The summed E-state index contributed by atoms with van der Waals surface area (Å²) in [7, 11) is 0. The van der Waals surface area contributed by atoms with E-state index in [4.69, 9.17) is 9.94 Å². The van der Waals surface area contributed by atoms with Crippen LogP contribution in [0.4, 0.5) is 13.2 Å². The largest absolute Gasteiger partial charge is 0.471 e. The van der Waals surface area contributed by atoms with Gasteiger partial charge in [-0.05, 0) is 20.8 Å². The fourth-order valence-corrected chi connectivity index (χ4v) is 1.14. The van der Waals surface area contributed by atoms with Crippen molar-refractivity contribution < 1.29 is 32.7 Å². The molecule has 0 spiro atoms. The zero-order valence-electron chi connectivity index (χ0n) is 11.6. The Morgan fingerprint density at radius 2 is 1.80 bits per heavy atom. The predicted molar refractivity (Wildman–Crippen MR) is 63.3 cm³/mol. The number of hydrogen-bond acceptors (Lipinski definition) is 4. The van der Waals surface area contributed by atoms with Crippen LogP contribution in [0.2, 0.25) is 0 Å². The van der Waals surface area contributed by atoms with Crippen molar-refractivity contribution in [2.24, 2.45) is 0 Å². The van der Waals surface area contributed by atoms with Gasteiger partial charge in [-0.15, -0.1) is 0 Å². The highest BCUT2D eigenvalue weighted by molar-refractivity contribution is 5.81. The first-order valence-corrected chi connectivity index (χ1v) is 5.93. The molecule has 20 heavy (non-hydrogen) atoms. The number of carbonyl (C=O) groups excluding carboxylic acids is 2. The number of hydrogen-bond donors (Lipinski definition) is 2. The topological polar surface area (TPSA) is 78.9 Å². The quantitative estimate of drug-likeness (QED) is 0.704. The number of halogens is 3. The first-order valence-electron chi connectivity index (χ1n) is 5.93. The van der Waals surface area contributed by atoms with Crippen LogP contribution >= 0.6 is 0 Å². The number of alkyl halides is 3. The highest BCUT2D eigenvalue weighted by Crippen LogP contribution is 2.14. The minimum absolute atomic E-state index is 0.219. The molecule has 0 aliphatic heterocycles. The Kier molecular flexibility index (Phi) is 6.94. The number of rotatable bonds is 6. The first kappa shape index (κ1) is 18.7. The lowest BCUT2D eigenvalue weighted by molar-refractivity contribution is -0.227. The van der Waals surface area contributed by atoms with E-state index in [9.17, 15) is 22.8 Å². The van der Waals surface area contributed by atoms with Crippen molar-refractivity contribution in [3.8, 4) is 0 Å². The SMILES string of the molecule is CC(C)(C)ON(CCNC(=O)C(F)(F)F)C(=O)CCO. The second kappa shape index (κ2) is 7.44. The van der Waals surface area contributed by atoms with Crippen molar-refractivity contribution in [1.82, 2.24) is 10.4 Å². The fourth-order valence-electron chi connectivity index (χ4n) is 1.14. The molecule has 0 saturated carbocycles. The molecule has 2 N–H and O–H groups in total. The van der Waals surface area contributed by atoms with E-state index in [1.54, 1.807) is 26.1 Å². The molecule has 6 nitrogen and oxygen atoms in total. The average Bonchev–Trinajstić information content (AvgIpc) is 2.24. The van der Waals surface area contributed by atoms with Gasteiger partial charge in [0.25, 0.3) is 0 Å². The third kappa shape index (κ3) is 7.95. The van der Waals surface area contributed by atoms with Gasteiger partial charge in [-0.1, -0.05) is 0 Å². The Bertz CT molecular complexity index is 340. The van der Waals surface area contributed by atoms with Crippen LogP contribution < -0.4 is 5.32 Å². The van der Waals surface area contributed by atoms with E-state index < -0.39 is 36.7 Å². The van der Waals surface area contributed by atoms with Gasteiger partial charge in [0.1, 0.15) is 0 Å². The Hall–Kier alpha value is -1.35. The number of aliphatic hydroxyl groups excluding tert-OH is 1. The van der Waals surface area contributed by atoms with Crippen LogP contribution in [0, 0.1) is 0 Å². The molecule has 0 aromatic rings. The molecule has 0 bridgehead atoms. The second-order valence-corrected chi connectivity index (χ2v) is 4.93. The molecule has 0 aliphatic carbocycles. The van der Waals surface area contributed by atoms with Crippen LogP contribution in [-0.4, -0.2) is 53.5 Å². The molecule has 0 atom stereocenters. The summed E-state index contributed by atoms with van der Waals surface area (Å²) in [4.78, 5) is 27.5. The lowest BCUT2D eigenvalue weighted by atomic mass is 10.2. The molecule has 0 radical (unpaired) electrons. The monoisotopic (exact) mass is 300 g/mol. The second-order valence-electron chi connectivity index (χ2n) is 4.93. The van der Waals surface area contributed by atoms with Crippen LogP contribution in [-0.2, 0) is 14.4 Å². The summed E-state index contributed by atoms with van der Waals surface area (Å²) >= 11 is 0. The van der Waals surface area contributed by atoms with Gasteiger partial charge < -0.3 is 10.4 Å². The summed E-state index contributed by atoms with van der Waals surface area (Å²) in [5.41, 5.74) is -0.737. The molecule has 0 aromatic heterocycles. The Morgan fingerprint density at radius 1 is 1.25 bits per heavy atom. The maximum absolute atomic E-state index is 12.0. The van der Waals surface area contributed by atoms with Gasteiger partial charge in [0.2, 0.25) is 5.91 Å². The standard InChI is InChI=1S/C11H19F3N2O4/c1-10(2,3)20-16(8(18)4-7-17)6-5-15-9(19)11(12,13)14/h17H,4-7H2,1-3H3,(H,15,19). The number of hydroxylamine groups is 2. The van der Waals surface area contributed by atoms with Crippen molar-refractivity contribution >= 4 is 11.8 Å². The molecule has 0 unspecified atom stereocenters. The van der Waals surface area contributed by atoms with Gasteiger partial charge in [0.05, 0.1) is 25.2 Å². The van der Waals surface area contributed by atoms with Crippen LogP contribution in [0.3, 0.4) is 0 Å². The number of nitrogens with one attached hydrogen (secondary N) is 1.